The molecule has 1 aromatic carbocycles. The molecule has 5 rings (SSSR count). The highest BCUT2D eigenvalue weighted by atomic mass is 32.2. The minimum absolute atomic E-state index is 0.0156. The minimum atomic E-state index is -0.565. The maximum atomic E-state index is 13.7. The van der Waals surface area contributed by atoms with Crippen LogP contribution in [0.3, 0.4) is 0 Å². The van der Waals surface area contributed by atoms with Gasteiger partial charge in [0.25, 0.3) is 0 Å². The predicted octanol–water partition coefficient (Wildman–Crippen LogP) is 5.08. The van der Waals surface area contributed by atoms with E-state index in [2.05, 4.69) is 26.6 Å². The van der Waals surface area contributed by atoms with Crippen molar-refractivity contribution in [2.45, 2.75) is 57.2 Å². The van der Waals surface area contributed by atoms with Crippen molar-refractivity contribution >= 4 is 62.4 Å². The summed E-state index contributed by atoms with van der Waals surface area (Å²) in [6.45, 7) is 8.07. The number of thiazole rings is 1. The van der Waals surface area contributed by atoms with E-state index >= 15 is 0 Å². The molecule has 0 radical (unpaired) electrons. The topological polar surface area (TPSA) is 164 Å². The molecular weight excluding hydrogens is 619 g/mol. The molecule has 11 nitrogen and oxygen atoms in total. The molecule has 0 spiro atoms. The van der Waals surface area contributed by atoms with E-state index in [4.69, 9.17) is 10.5 Å². The van der Waals surface area contributed by atoms with E-state index in [0.717, 1.165) is 16.8 Å². The number of nitrogens with two attached hydrogens (primary N) is 1. The lowest BCUT2D eigenvalue weighted by Crippen LogP contribution is -2.42. The molecule has 1 aliphatic carbocycles. The highest BCUT2D eigenvalue weighted by Crippen LogP contribution is 2.51. The summed E-state index contributed by atoms with van der Waals surface area (Å²) < 4.78 is 5.46. The fourth-order valence-corrected chi connectivity index (χ4v) is 7.80. The summed E-state index contributed by atoms with van der Waals surface area (Å²) >= 11 is 3.65. The van der Waals surface area contributed by atoms with Crippen LogP contribution >= 0.6 is 34.4 Å². The summed E-state index contributed by atoms with van der Waals surface area (Å²) in [5.41, 5.74) is 10.4. The van der Waals surface area contributed by atoms with E-state index in [1.807, 2.05) is 45.0 Å². The van der Waals surface area contributed by atoms with Crippen molar-refractivity contribution in [3.8, 4) is 6.07 Å². The zero-order valence-electron chi connectivity index (χ0n) is 24.7. The number of aryl methyl sites for hydroxylation is 1. The third kappa shape index (κ3) is 6.54. The van der Waals surface area contributed by atoms with Crippen LogP contribution in [0.25, 0.3) is 0 Å². The van der Waals surface area contributed by atoms with Gasteiger partial charge in [-0.05, 0) is 36.8 Å². The van der Waals surface area contributed by atoms with Crippen molar-refractivity contribution in [2.24, 2.45) is 11.1 Å². The second kappa shape index (κ2) is 12.9. The molecular formula is C30H31N7O4S3. The number of carbonyl (C=O) groups excluding carboxylic acids is 3. The highest BCUT2D eigenvalue weighted by Gasteiger charge is 2.45. The van der Waals surface area contributed by atoms with Gasteiger partial charge in [0.15, 0.2) is 15.3 Å². The average molecular weight is 650 g/mol. The lowest BCUT2D eigenvalue weighted by Gasteiger charge is -2.42. The molecule has 44 heavy (non-hydrogen) atoms. The van der Waals surface area contributed by atoms with E-state index in [9.17, 15) is 19.6 Å². The number of esters is 1. The van der Waals surface area contributed by atoms with Gasteiger partial charge in [-0.15, -0.1) is 21.5 Å². The van der Waals surface area contributed by atoms with Crippen LogP contribution in [0.4, 0.5) is 10.3 Å². The van der Waals surface area contributed by atoms with Gasteiger partial charge in [0, 0.05) is 23.1 Å². The number of aromatic nitrogens is 3. The number of ether oxygens (including phenoxy) is 1. The highest BCUT2D eigenvalue weighted by molar-refractivity contribution is 8.01. The van der Waals surface area contributed by atoms with Crippen LogP contribution in [0.5, 0.6) is 0 Å². The number of nitrogens with one attached hydrogen (secondary N) is 1. The summed E-state index contributed by atoms with van der Waals surface area (Å²) in [6, 6.07) is 10.0. The number of benzene rings is 1. The Bertz CT molecular complexity index is 1730. The first-order chi connectivity index (χ1) is 21.0. The molecule has 2 aromatic heterocycles. The van der Waals surface area contributed by atoms with Crippen molar-refractivity contribution in [1.29, 1.82) is 5.26 Å². The Labute approximate surface area is 267 Å². The number of nitriles is 1. The zero-order chi connectivity index (χ0) is 31.6. The van der Waals surface area contributed by atoms with Gasteiger partial charge in [-0.3, -0.25) is 19.3 Å². The lowest BCUT2D eigenvalue weighted by molar-refractivity contribution is -0.142. The Morgan fingerprint density at radius 3 is 2.77 bits per heavy atom. The number of allylic oxidation sites excluding steroid dienone is 3. The molecule has 0 bridgehead atoms. The number of hydrogen-bond acceptors (Lipinski definition) is 13. The fourth-order valence-electron chi connectivity index (χ4n) is 5.39. The van der Waals surface area contributed by atoms with E-state index in [1.54, 1.807) is 17.2 Å². The Balaban J connectivity index is 1.37. The molecule has 14 heteroatoms. The second-order valence-corrected chi connectivity index (χ2v) is 14.2. The molecule has 1 aliphatic heterocycles. The molecule has 1 atom stereocenters. The number of amides is 1. The van der Waals surface area contributed by atoms with Crippen LogP contribution in [0.15, 0.2) is 56.6 Å². The number of hydrogen-bond donors (Lipinski definition) is 2. The number of ketones is 1. The fraction of sp³-hybridized carbons (Fsp3) is 0.367. The Morgan fingerprint density at radius 1 is 1.27 bits per heavy atom. The standard InChI is InChI=1S/C30H31N7O4S3/c1-5-41-23(40)10-17-14-42-27(33-17)34-22(39)15-43-29-36-35-28(44-29)37-20-11-30(3,4)12-21(38)25(20)24(19(13-31)26(37)32)18-9-7-6-8-16(18)2/h6-9,14,24H,5,10-12,15,32H2,1-4H3,(H,33,34,39). The van der Waals surface area contributed by atoms with Gasteiger partial charge in [-0.25, -0.2) is 4.98 Å². The van der Waals surface area contributed by atoms with E-state index in [-0.39, 0.29) is 41.1 Å². The molecule has 228 valence electrons. The predicted molar refractivity (Wildman–Crippen MR) is 170 cm³/mol. The van der Waals surface area contributed by atoms with Crippen LogP contribution < -0.4 is 16.0 Å². The third-order valence-electron chi connectivity index (χ3n) is 7.22. The molecule has 3 N–H and O–H groups in total. The van der Waals surface area contributed by atoms with Gasteiger partial charge in [-0.2, -0.15) is 5.26 Å². The monoisotopic (exact) mass is 649 g/mol. The Morgan fingerprint density at radius 2 is 2.05 bits per heavy atom. The van der Waals surface area contributed by atoms with Gasteiger partial charge in [0.1, 0.15) is 5.82 Å². The smallest absolute Gasteiger partial charge is 0.311 e. The molecule has 3 heterocycles. The van der Waals surface area contributed by atoms with Gasteiger partial charge >= 0.3 is 5.97 Å². The summed E-state index contributed by atoms with van der Waals surface area (Å²) in [7, 11) is 0. The van der Waals surface area contributed by atoms with Crippen LogP contribution in [0.1, 0.15) is 56.4 Å². The van der Waals surface area contributed by atoms with Crippen molar-refractivity contribution in [3.63, 3.8) is 0 Å². The average Bonchev–Trinajstić information content (AvgIpc) is 3.60. The largest absolute Gasteiger partial charge is 0.466 e. The van der Waals surface area contributed by atoms with E-state index < -0.39 is 5.92 Å². The molecule has 0 saturated carbocycles. The Hall–Kier alpha value is -4.06. The first-order valence-electron chi connectivity index (χ1n) is 13.9. The molecule has 3 aromatic rings. The first-order valence-corrected chi connectivity index (χ1v) is 16.6. The summed E-state index contributed by atoms with van der Waals surface area (Å²) in [5, 5.41) is 24.2. The van der Waals surface area contributed by atoms with Gasteiger partial charge in [-0.1, -0.05) is 61.2 Å². The number of nitrogens with zero attached hydrogens (tertiary/aromatic N) is 5. The van der Waals surface area contributed by atoms with Crippen molar-refractivity contribution in [1.82, 2.24) is 15.2 Å². The van der Waals surface area contributed by atoms with Crippen molar-refractivity contribution in [2.75, 3.05) is 22.6 Å². The number of thioether (sulfide) groups is 1. The minimum Gasteiger partial charge on any atom is -0.466 e. The SMILES string of the molecule is CCOC(=O)Cc1csc(NC(=O)CSc2nnc(N3C(N)=C(C#N)C(c4ccccc4C)C4=C3CC(C)(C)CC4=O)s2)n1. The second-order valence-electron chi connectivity index (χ2n) is 11.2. The number of anilines is 2. The first kappa shape index (κ1) is 31.4. The van der Waals surface area contributed by atoms with Crippen molar-refractivity contribution in [3.05, 3.63) is 69.1 Å². The van der Waals surface area contributed by atoms with Gasteiger partial charge in [0.05, 0.1) is 42.0 Å². The van der Waals surface area contributed by atoms with E-state index in [1.165, 1.54) is 34.4 Å². The Kier molecular flexibility index (Phi) is 9.19. The lowest BCUT2D eigenvalue weighted by atomic mass is 9.68. The van der Waals surface area contributed by atoms with E-state index in [0.29, 0.717) is 50.9 Å². The number of rotatable bonds is 9. The van der Waals surface area contributed by atoms with Crippen LogP contribution in [0, 0.1) is 23.7 Å². The molecule has 1 amide bonds. The van der Waals surface area contributed by atoms with Crippen LogP contribution in [0.2, 0.25) is 0 Å². The third-order valence-corrected chi connectivity index (χ3v) is 10.1. The zero-order valence-corrected chi connectivity index (χ0v) is 27.1. The molecule has 2 aliphatic rings. The molecule has 0 saturated heterocycles. The summed E-state index contributed by atoms with van der Waals surface area (Å²) in [4.78, 5) is 44.0. The summed E-state index contributed by atoms with van der Waals surface area (Å²) in [6.07, 6.45) is 0.958. The van der Waals surface area contributed by atoms with Gasteiger partial charge in [0.2, 0.25) is 11.0 Å². The maximum Gasteiger partial charge on any atom is 0.311 e. The quantitative estimate of drug-likeness (QED) is 0.235. The van der Waals surface area contributed by atoms with Gasteiger partial charge < -0.3 is 15.8 Å². The molecule has 0 fully saturated rings. The van der Waals surface area contributed by atoms with Crippen LogP contribution in [-0.2, 0) is 25.5 Å². The summed E-state index contributed by atoms with van der Waals surface area (Å²) in [5.74, 6) is -0.982. The number of Topliss-reactive ketones (excluding diaryl/α,β-unsaturated/α-hetero) is 1. The molecule has 1 unspecified atom stereocenters. The van der Waals surface area contributed by atoms with Crippen molar-refractivity contribution < 1.29 is 19.1 Å². The normalized spacial score (nSPS) is 17.8. The number of carbonyl (C=O) groups is 3. The van der Waals surface area contributed by atoms with Crippen LogP contribution in [-0.4, -0.2) is 45.2 Å². The maximum absolute atomic E-state index is 13.7.